The number of aryl methyl sites for hydroxylation is 1. The van der Waals surface area contributed by atoms with Crippen molar-refractivity contribution >= 4 is 11.8 Å². The molecule has 2 aromatic carbocycles. The molecule has 3 aromatic rings. The highest BCUT2D eigenvalue weighted by molar-refractivity contribution is 7.99. The summed E-state index contributed by atoms with van der Waals surface area (Å²) < 4.78 is 7.33. The van der Waals surface area contributed by atoms with Crippen LogP contribution in [-0.4, -0.2) is 27.6 Å². The standard InChI is InChI=1S/C19H21N3OS/c1-23-15-18-20-21-19(22(18)17-12-6-3-7-13-17)24-14-8-11-16-9-4-2-5-10-16/h2-7,9-10,12-13H,8,11,14-15H2,1H3. The van der Waals surface area contributed by atoms with Crippen LogP contribution in [0.25, 0.3) is 5.69 Å². The first-order chi connectivity index (χ1) is 11.9. The Labute approximate surface area is 146 Å². The molecule has 0 saturated heterocycles. The summed E-state index contributed by atoms with van der Waals surface area (Å²) in [5, 5.41) is 9.56. The lowest BCUT2D eigenvalue weighted by Crippen LogP contribution is -2.04. The van der Waals surface area contributed by atoms with Crippen molar-refractivity contribution in [2.75, 3.05) is 12.9 Å². The average molecular weight is 339 g/mol. The first kappa shape index (κ1) is 16.7. The fourth-order valence-electron chi connectivity index (χ4n) is 2.54. The fraction of sp³-hybridized carbons (Fsp3) is 0.263. The Bertz CT molecular complexity index is 744. The van der Waals surface area contributed by atoms with E-state index in [1.54, 1.807) is 18.9 Å². The van der Waals surface area contributed by atoms with Gasteiger partial charge in [-0.1, -0.05) is 60.3 Å². The van der Waals surface area contributed by atoms with Crippen LogP contribution in [0.4, 0.5) is 0 Å². The van der Waals surface area contributed by atoms with Crippen molar-refractivity contribution in [1.29, 1.82) is 0 Å². The van der Waals surface area contributed by atoms with E-state index >= 15 is 0 Å². The van der Waals surface area contributed by atoms with Gasteiger partial charge in [0.2, 0.25) is 0 Å². The number of rotatable bonds is 8. The number of ether oxygens (including phenoxy) is 1. The molecule has 0 N–H and O–H groups in total. The van der Waals surface area contributed by atoms with Gasteiger partial charge in [-0.15, -0.1) is 10.2 Å². The van der Waals surface area contributed by atoms with Gasteiger partial charge in [0.15, 0.2) is 11.0 Å². The highest BCUT2D eigenvalue weighted by Crippen LogP contribution is 2.23. The molecule has 124 valence electrons. The van der Waals surface area contributed by atoms with Crippen LogP contribution in [0.1, 0.15) is 17.8 Å². The van der Waals surface area contributed by atoms with Crippen molar-refractivity contribution in [3.05, 3.63) is 72.1 Å². The van der Waals surface area contributed by atoms with Gasteiger partial charge in [-0.2, -0.15) is 0 Å². The Kier molecular flexibility index (Phi) is 6.04. The average Bonchev–Trinajstić information content (AvgIpc) is 3.03. The Hall–Kier alpha value is -2.11. The van der Waals surface area contributed by atoms with Crippen LogP contribution in [0.2, 0.25) is 0 Å². The molecule has 24 heavy (non-hydrogen) atoms. The second-order valence-electron chi connectivity index (χ2n) is 5.44. The van der Waals surface area contributed by atoms with E-state index in [0.717, 1.165) is 35.3 Å². The van der Waals surface area contributed by atoms with Crippen molar-refractivity contribution in [3.8, 4) is 5.69 Å². The van der Waals surface area contributed by atoms with Crippen molar-refractivity contribution in [3.63, 3.8) is 0 Å². The molecular weight excluding hydrogens is 318 g/mol. The fourth-order valence-corrected chi connectivity index (χ4v) is 3.45. The number of hydrogen-bond acceptors (Lipinski definition) is 4. The molecule has 0 radical (unpaired) electrons. The van der Waals surface area contributed by atoms with E-state index in [1.165, 1.54) is 5.56 Å². The molecule has 3 rings (SSSR count). The lowest BCUT2D eigenvalue weighted by atomic mass is 10.1. The number of hydrogen-bond donors (Lipinski definition) is 0. The largest absolute Gasteiger partial charge is 0.377 e. The maximum Gasteiger partial charge on any atom is 0.195 e. The van der Waals surface area contributed by atoms with E-state index in [9.17, 15) is 0 Å². The highest BCUT2D eigenvalue weighted by Gasteiger charge is 2.13. The maximum atomic E-state index is 5.25. The Morgan fingerprint density at radius 2 is 1.67 bits per heavy atom. The molecule has 5 heteroatoms. The van der Waals surface area contributed by atoms with Crippen molar-refractivity contribution in [1.82, 2.24) is 14.8 Å². The summed E-state index contributed by atoms with van der Waals surface area (Å²) in [4.78, 5) is 0. The zero-order valence-corrected chi connectivity index (χ0v) is 14.6. The third-order valence-corrected chi connectivity index (χ3v) is 4.69. The molecule has 0 atom stereocenters. The lowest BCUT2D eigenvalue weighted by molar-refractivity contribution is 0.176. The van der Waals surface area contributed by atoms with Gasteiger partial charge in [-0.05, 0) is 30.5 Å². The van der Waals surface area contributed by atoms with Crippen molar-refractivity contribution in [2.45, 2.75) is 24.6 Å². The van der Waals surface area contributed by atoms with E-state index in [0.29, 0.717) is 6.61 Å². The maximum absolute atomic E-state index is 5.25. The molecule has 0 aliphatic heterocycles. The molecular formula is C19H21N3OS. The number of nitrogens with zero attached hydrogens (tertiary/aromatic N) is 3. The topological polar surface area (TPSA) is 39.9 Å². The van der Waals surface area contributed by atoms with Gasteiger partial charge >= 0.3 is 0 Å². The van der Waals surface area contributed by atoms with E-state index in [4.69, 9.17) is 4.74 Å². The summed E-state index contributed by atoms with van der Waals surface area (Å²) in [6.45, 7) is 0.451. The van der Waals surface area contributed by atoms with Gasteiger partial charge in [-0.25, -0.2) is 0 Å². The first-order valence-corrected chi connectivity index (χ1v) is 9.02. The van der Waals surface area contributed by atoms with Crippen LogP contribution in [0.3, 0.4) is 0 Å². The van der Waals surface area contributed by atoms with Gasteiger partial charge in [0.05, 0.1) is 0 Å². The third-order valence-electron chi connectivity index (χ3n) is 3.67. The van der Waals surface area contributed by atoms with Gasteiger partial charge in [-0.3, -0.25) is 4.57 Å². The molecule has 0 spiro atoms. The smallest absolute Gasteiger partial charge is 0.195 e. The molecule has 1 aromatic heterocycles. The van der Waals surface area contributed by atoms with E-state index < -0.39 is 0 Å². The zero-order valence-electron chi connectivity index (χ0n) is 13.8. The predicted octanol–water partition coefficient (Wildman–Crippen LogP) is 4.14. The monoisotopic (exact) mass is 339 g/mol. The van der Waals surface area contributed by atoms with Crippen LogP contribution in [0.5, 0.6) is 0 Å². The molecule has 0 aliphatic carbocycles. The van der Waals surface area contributed by atoms with Crippen LogP contribution in [0.15, 0.2) is 65.8 Å². The predicted molar refractivity (Wildman–Crippen MR) is 97.6 cm³/mol. The minimum Gasteiger partial charge on any atom is -0.377 e. The van der Waals surface area contributed by atoms with E-state index in [1.807, 2.05) is 18.2 Å². The highest BCUT2D eigenvalue weighted by atomic mass is 32.2. The minimum absolute atomic E-state index is 0.451. The molecule has 0 fully saturated rings. The lowest BCUT2D eigenvalue weighted by Gasteiger charge is -2.09. The van der Waals surface area contributed by atoms with Crippen LogP contribution in [-0.2, 0) is 17.8 Å². The van der Waals surface area contributed by atoms with Crippen LogP contribution >= 0.6 is 11.8 Å². The minimum atomic E-state index is 0.451. The second kappa shape index (κ2) is 8.66. The van der Waals surface area contributed by atoms with Crippen LogP contribution < -0.4 is 0 Å². The molecule has 0 bridgehead atoms. The second-order valence-corrected chi connectivity index (χ2v) is 6.50. The van der Waals surface area contributed by atoms with E-state index in [2.05, 4.69) is 57.2 Å². The van der Waals surface area contributed by atoms with Crippen molar-refractivity contribution < 1.29 is 4.74 Å². The van der Waals surface area contributed by atoms with Crippen LogP contribution in [0, 0.1) is 0 Å². The Morgan fingerprint density at radius 3 is 2.38 bits per heavy atom. The Morgan fingerprint density at radius 1 is 0.958 bits per heavy atom. The molecule has 0 amide bonds. The quantitative estimate of drug-likeness (QED) is 0.457. The summed E-state index contributed by atoms with van der Waals surface area (Å²) in [6.07, 6.45) is 2.19. The van der Waals surface area contributed by atoms with Gasteiger partial charge in [0.25, 0.3) is 0 Å². The number of thioether (sulfide) groups is 1. The number of aromatic nitrogens is 3. The number of benzene rings is 2. The number of methoxy groups -OCH3 is 1. The van der Waals surface area contributed by atoms with Crippen molar-refractivity contribution in [2.24, 2.45) is 0 Å². The first-order valence-electron chi connectivity index (χ1n) is 8.04. The molecule has 0 aliphatic rings. The molecule has 0 saturated carbocycles. The number of para-hydroxylation sites is 1. The summed E-state index contributed by atoms with van der Waals surface area (Å²) in [5.41, 5.74) is 2.45. The summed E-state index contributed by atoms with van der Waals surface area (Å²) >= 11 is 1.74. The molecule has 4 nitrogen and oxygen atoms in total. The SMILES string of the molecule is COCc1nnc(SCCCc2ccccc2)n1-c1ccccc1. The summed E-state index contributed by atoms with van der Waals surface area (Å²) in [6, 6.07) is 20.8. The summed E-state index contributed by atoms with van der Waals surface area (Å²) in [5.74, 6) is 1.83. The zero-order chi connectivity index (χ0) is 16.6. The molecule has 1 heterocycles. The third kappa shape index (κ3) is 4.24. The van der Waals surface area contributed by atoms with Gasteiger partial charge in [0.1, 0.15) is 6.61 Å². The van der Waals surface area contributed by atoms with E-state index in [-0.39, 0.29) is 0 Å². The van der Waals surface area contributed by atoms with Gasteiger partial charge < -0.3 is 4.74 Å². The van der Waals surface area contributed by atoms with Gasteiger partial charge in [0, 0.05) is 18.6 Å². The normalized spacial score (nSPS) is 10.9. The Balaban J connectivity index is 1.67. The summed E-state index contributed by atoms with van der Waals surface area (Å²) in [7, 11) is 1.68. The molecule has 0 unspecified atom stereocenters.